The van der Waals surface area contributed by atoms with Crippen LogP contribution in [0.2, 0.25) is 0 Å². The molecular formula is C18H18N2O4. The van der Waals surface area contributed by atoms with Gasteiger partial charge in [-0.15, -0.1) is 0 Å². The molecule has 0 atom stereocenters. The molecule has 0 radical (unpaired) electrons. The number of ether oxygens (including phenoxy) is 4. The number of rotatable bonds is 4. The van der Waals surface area contributed by atoms with Gasteiger partial charge in [0.05, 0.1) is 37.8 Å². The average molecular weight is 326 g/mol. The van der Waals surface area contributed by atoms with Crippen molar-refractivity contribution in [1.29, 1.82) is 0 Å². The topological polar surface area (TPSA) is 61.6 Å². The van der Waals surface area contributed by atoms with Gasteiger partial charge in [-0.05, 0) is 24.3 Å². The van der Waals surface area contributed by atoms with E-state index in [0.29, 0.717) is 26.4 Å². The van der Waals surface area contributed by atoms with Crippen LogP contribution in [-0.4, -0.2) is 26.4 Å². The van der Waals surface area contributed by atoms with E-state index in [1.165, 1.54) is 0 Å². The Morgan fingerprint density at radius 3 is 1.21 bits per heavy atom. The molecule has 24 heavy (non-hydrogen) atoms. The van der Waals surface area contributed by atoms with E-state index < -0.39 is 0 Å². The lowest BCUT2D eigenvalue weighted by Gasteiger charge is -2.09. The highest BCUT2D eigenvalue weighted by Crippen LogP contribution is 2.27. The standard InChI is InChI=1S/C18H18N2O4/c1-5-15(6-2-13(1)17-21-9-10-22-17)19-20-16-7-3-14(4-8-16)18-23-11-12-24-18/h1-8,17-18H,9-12H2. The highest BCUT2D eigenvalue weighted by atomic mass is 16.7. The molecule has 6 nitrogen and oxygen atoms in total. The molecule has 2 saturated heterocycles. The maximum Gasteiger partial charge on any atom is 0.184 e. The molecule has 2 aromatic rings. The van der Waals surface area contributed by atoms with Crippen molar-refractivity contribution in [2.45, 2.75) is 12.6 Å². The van der Waals surface area contributed by atoms with Crippen LogP contribution in [0.5, 0.6) is 0 Å². The molecule has 0 amide bonds. The zero-order valence-electron chi connectivity index (χ0n) is 13.1. The van der Waals surface area contributed by atoms with Crippen LogP contribution in [0.15, 0.2) is 58.8 Å². The van der Waals surface area contributed by atoms with E-state index in [-0.39, 0.29) is 12.6 Å². The van der Waals surface area contributed by atoms with Crippen molar-refractivity contribution < 1.29 is 18.9 Å². The Labute approximate surface area is 140 Å². The predicted octanol–water partition coefficient (Wildman–Crippen LogP) is 4.19. The fraction of sp³-hybridized carbons (Fsp3) is 0.333. The average Bonchev–Trinajstić information content (AvgIpc) is 3.34. The Morgan fingerprint density at radius 1 is 0.542 bits per heavy atom. The molecule has 2 heterocycles. The summed E-state index contributed by atoms with van der Waals surface area (Å²) in [5.41, 5.74) is 3.55. The van der Waals surface area contributed by atoms with E-state index in [4.69, 9.17) is 18.9 Å². The Morgan fingerprint density at radius 2 is 0.875 bits per heavy atom. The van der Waals surface area contributed by atoms with Gasteiger partial charge in [0.1, 0.15) is 0 Å². The summed E-state index contributed by atoms with van der Waals surface area (Å²) in [6.45, 7) is 2.55. The van der Waals surface area contributed by atoms with Crippen molar-refractivity contribution >= 4 is 11.4 Å². The minimum absolute atomic E-state index is 0.261. The van der Waals surface area contributed by atoms with E-state index in [0.717, 1.165) is 22.5 Å². The highest BCUT2D eigenvalue weighted by Gasteiger charge is 2.18. The number of benzene rings is 2. The molecule has 6 heteroatoms. The number of hydrogen-bond acceptors (Lipinski definition) is 6. The van der Waals surface area contributed by atoms with Gasteiger partial charge in [-0.3, -0.25) is 0 Å². The van der Waals surface area contributed by atoms with E-state index >= 15 is 0 Å². The van der Waals surface area contributed by atoms with Gasteiger partial charge in [0, 0.05) is 11.1 Å². The van der Waals surface area contributed by atoms with Crippen molar-refractivity contribution in [3.05, 3.63) is 59.7 Å². The van der Waals surface area contributed by atoms with Crippen LogP contribution in [-0.2, 0) is 18.9 Å². The molecule has 2 aliphatic heterocycles. The van der Waals surface area contributed by atoms with Crippen LogP contribution in [0.3, 0.4) is 0 Å². The summed E-state index contributed by atoms with van der Waals surface area (Å²) in [5, 5.41) is 8.50. The summed E-state index contributed by atoms with van der Waals surface area (Å²) in [7, 11) is 0. The van der Waals surface area contributed by atoms with Gasteiger partial charge in [-0.25, -0.2) is 0 Å². The molecule has 0 N–H and O–H groups in total. The first-order valence-corrected chi connectivity index (χ1v) is 7.96. The van der Waals surface area contributed by atoms with Crippen LogP contribution in [0.1, 0.15) is 23.7 Å². The van der Waals surface area contributed by atoms with Crippen LogP contribution in [0.25, 0.3) is 0 Å². The third-order valence-corrected chi connectivity index (χ3v) is 3.86. The van der Waals surface area contributed by atoms with Crippen LogP contribution >= 0.6 is 0 Å². The third-order valence-electron chi connectivity index (χ3n) is 3.86. The third kappa shape index (κ3) is 3.52. The Bertz CT molecular complexity index is 626. The van der Waals surface area contributed by atoms with Crippen molar-refractivity contribution in [3.63, 3.8) is 0 Å². The van der Waals surface area contributed by atoms with Gasteiger partial charge in [-0.1, -0.05) is 24.3 Å². The molecule has 0 spiro atoms. The minimum Gasteiger partial charge on any atom is -0.346 e. The summed E-state index contributed by atoms with van der Waals surface area (Å²) in [6.07, 6.45) is -0.521. The maximum absolute atomic E-state index is 5.46. The number of nitrogens with zero attached hydrogens (tertiary/aromatic N) is 2. The molecule has 4 rings (SSSR count). The predicted molar refractivity (Wildman–Crippen MR) is 86.4 cm³/mol. The molecule has 0 aromatic heterocycles. The monoisotopic (exact) mass is 326 g/mol. The summed E-state index contributed by atoms with van der Waals surface area (Å²) < 4.78 is 21.9. The van der Waals surface area contributed by atoms with E-state index in [1.54, 1.807) is 0 Å². The zero-order valence-corrected chi connectivity index (χ0v) is 13.1. The summed E-state index contributed by atoms with van der Waals surface area (Å²) >= 11 is 0. The normalized spacial score (nSPS) is 19.5. The smallest absolute Gasteiger partial charge is 0.184 e. The van der Waals surface area contributed by atoms with E-state index in [1.807, 2.05) is 48.5 Å². The number of hydrogen-bond donors (Lipinski definition) is 0. The highest BCUT2D eigenvalue weighted by molar-refractivity contribution is 5.42. The van der Waals surface area contributed by atoms with E-state index in [9.17, 15) is 0 Å². The first-order valence-electron chi connectivity index (χ1n) is 7.96. The van der Waals surface area contributed by atoms with Crippen LogP contribution < -0.4 is 0 Å². The Balaban J connectivity index is 1.40. The molecule has 2 aliphatic rings. The zero-order chi connectivity index (χ0) is 16.2. The molecule has 0 unspecified atom stereocenters. The van der Waals surface area contributed by atoms with Gasteiger partial charge in [0.25, 0.3) is 0 Å². The summed E-state index contributed by atoms with van der Waals surface area (Å²) in [4.78, 5) is 0. The van der Waals surface area contributed by atoms with Gasteiger partial charge in [0.2, 0.25) is 0 Å². The van der Waals surface area contributed by atoms with Crippen molar-refractivity contribution in [3.8, 4) is 0 Å². The SMILES string of the molecule is c1cc(C2OCCO2)ccc1N=Nc1ccc(C2OCCO2)cc1. The largest absolute Gasteiger partial charge is 0.346 e. The first kappa shape index (κ1) is 15.4. The fourth-order valence-corrected chi connectivity index (χ4v) is 2.61. The second-order valence-electron chi connectivity index (χ2n) is 5.53. The molecule has 0 saturated carbocycles. The Kier molecular flexibility index (Phi) is 4.62. The van der Waals surface area contributed by atoms with Gasteiger partial charge < -0.3 is 18.9 Å². The molecular weight excluding hydrogens is 308 g/mol. The van der Waals surface area contributed by atoms with E-state index in [2.05, 4.69) is 10.2 Å². The lowest BCUT2D eigenvalue weighted by Crippen LogP contribution is -1.96. The van der Waals surface area contributed by atoms with Crippen molar-refractivity contribution in [2.24, 2.45) is 10.2 Å². The molecule has 2 aromatic carbocycles. The van der Waals surface area contributed by atoms with Crippen LogP contribution in [0, 0.1) is 0 Å². The second kappa shape index (κ2) is 7.19. The lowest BCUT2D eigenvalue weighted by atomic mass is 10.2. The van der Waals surface area contributed by atoms with Gasteiger partial charge in [-0.2, -0.15) is 10.2 Å². The van der Waals surface area contributed by atoms with Crippen molar-refractivity contribution in [2.75, 3.05) is 26.4 Å². The second-order valence-corrected chi connectivity index (χ2v) is 5.53. The fourth-order valence-electron chi connectivity index (χ4n) is 2.61. The van der Waals surface area contributed by atoms with Crippen LogP contribution in [0.4, 0.5) is 11.4 Å². The molecule has 0 aliphatic carbocycles. The van der Waals surface area contributed by atoms with Crippen molar-refractivity contribution in [1.82, 2.24) is 0 Å². The molecule has 0 bridgehead atoms. The lowest BCUT2D eigenvalue weighted by molar-refractivity contribution is -0.0443. The summed E-state index contributed by atoms with van der Waals surface area (Å²) in [6, 6.07) is 15.4. The number of azo groups is 1. The van der Waals surface area contributed by atoms with Gasteiger partial charge in [0.15, 0.2) is 12.6 Å². The first-order chi connectivity index (χ1) is 11.9. The maximum atomic E-state index is 5.46. The summed E-state index contributed by atoms with van der Waals surface area (Å²) in [5.74, 6) is 0. The molecule has 2 fully saturated rings. The molecule has 124 valence electrons. The minimum atomic E-state index is -0.261. The Hall–Kier alpha value is -2.12. The van der Waals surface area contributed by atoms with Gasteiger partial charge >= 0.3 is 0 Å². The quantitative estimate of drug-likeness (QED) is 0.790.